The smallest absolute Gasteiger partial charge is 0.387 e. The van der Waals surface area contributed by atoms with Crippen LogP contribution in [0.1, 0.15) is 57.1 Å². The third kappa shape index (κ3) is 4.39. The number of ether oxygens (including phenoxy) is 1. The molecule has 0 bridgehead atoms. The average Bonchev–Trinajstić information content (AvgIpc) is 2.55. The summed E-state index contributed by atoms with van der Waals surface area (Å²) in [5, 5.41) is 3.40. The van der Waals surface area contributed by atoms with E-state index in [9.17, 15) is 13.6 Å². The minimum atomic E-state index is -2.86. The first kappa shape index (κ1) is 17.9. The molecule has 1 heterocycles. The van der Waals surface area contributed by atoms with Gasteiger partial charge < -0.3 is 10.1 Å². The zero-order valence-corrected chi connectivity index (χ0v) is 14.8. The summed E-state index contributed by atoms with van der Waals surface area (Å²) in [5.74, 6) is 0.328. The molecule has 1 fully saturated rings. The molecule has 1 saturated carbocycles. The average molecular weight is 349 g/mol. The van der Waals surface area contributed by atoms with Crippen LogP contribution >= 0.6 is 0 Å². The fourth-order valence-corrected chi connectivity index (χ4v) is 3.85. The molecule has 136 valence electrons. The molecule has 0 aromatic heterocycles. The maximum atomic E-state index is 12.7. The van der Waals surface area contributed by atoms with E-state index in [0.29, 0.717) is 5.70 Å². The molecule has 0 unspecified atom stereocenters. The number of carbonyl (C=O) groups is 1. The number of rotatable bonds is 4. The van der Waals surface area contributed by atoms with E-state index in [1.807, 2.05) is 6.07 Å². The lowest BCUT2D eigenvalue weighted by Crippen LogP contribution is -2.44. The van der Waals surface area contributed by atoms with Crippen LogP contribution in [0.15, 0.2) is 24.3 Å². The molecule has 0 amide bonds. The monoisotopic (exact) mass is 349 g/mol. The molecule has 1 aromatic carbocycles. The number of allylic oxidation sites excluding steroid dienone is 1. The van der Waals surface area contributed by atoms with Crippen molar-refractivity contribution >= 4 is 11.5 Å². The molecular formula is C20H25F2NO2. The van der Waals surface area contributed by atoms with Gasteiger partial charge >= 0.3 is 6.61 Å². The summed E-state index contributed by atoms with van der Waals surface area (Å²) in [5.41, 5.74) is 2.33. The van der Waals surface area contributed by atoms with Gasteiger partial charge in [-0.2, -0.15) is 8.78 Å². The van der Waals surface area contributed by atoms with Gasteiger partial charge in [-0.25, -0.2) is 0 Å². The molecule has 0 atom stereocenters. The van der Waals surface area contributed by atoms with Crippen molar-refractivity contribution in [2.75, 3.05) is 0 Å². The van der Waals surface area contributed by atoms with Crippen molar-refractivity contribution in [2.45, 2.75) is 64.5 Å². The maximum Gasteiger partial charge on any atom is 0.387 e. The van der Waals surface area contributed by atoms with Crippen LogP contribution in [0.4, 0.5) is 8.78 Å². The second-order valence-electron chi connectivity index (χ2n) is 7.68. The minimum Gasteiger partial charge on any atom is -0.435 e. The number of alkyl halides is 2. The van der Waals surface area contributed by atoms with Crippen molar-refractivity contribution in [2.24, 2.45) is 5.92 Å². The first-order chi connectivity index (χ1) is 11.8. The normalized spacial score (nSPS) is 21.7. The van der Waals surface area contributed by atoms with Gasteiger partial charge in [-0.3, -0.25) is 4.79 Å². The Hall–Kier alpha value is -1.91. The third-order valence-corrected chi connectivity index (χ3v) is 5.00. The van der Waals surface area contributed by atoms with Crippen LogP contribution in [0.5, 0.6) is 5.75 Å². The van der Waals surface area contributed by atoms with Crippen LogP contribution in [-0.2, 0) is 11.2 Å². The minimum absolute atomic E-state index is 0.0806. The molecule has 25 heavy (non-hydrogen) atoms. The van der Waals surface area contributed by atoms with Crippen LogP contribution in [0.3, 0.4) is 0 Å². The summed E-state index contributed by atoms with van der Waals surface area (Å²) in [6.45, 7) is 1.28. The molecule has 3 rings (SSSR count). The van der Waals surface area contributed by atoms with Gasteiger partial charge in [0.15, 0.2) is 5.78 Å². The number of hydrogen-bond acceptors (Lipinski definition) is 3. The highest BCUT2D eigenvalue weighted by atomic mass is 19.3. The number of nitrogens with one attached hydrogen (secondary N) is 1. The van der Waals surface area contributed by atoms with Crippen LogP contribution in [0.2, 0.25) is 0 Å². The Labute approximate surface area is 147 Å². The zero-order valence-electron chi connectivity index (χ0n) is 14.8. The Balaban J connectivity index is 1.92. The lowest BCUT2D eigenvalue weighted by molar-refractivity contribution is -0.119. The SMILES string of the molecule is CC1(C)Cc2ccc(OC(F)F)cc2/C(=C/C(=O)C2CCCCC2)N1. The van der Waals surface area contributed by atoms with Gasteiger partial charge in [0.25, 0.3) is 0 Å². The maximum absolute atomic E-state index is 12.7. The molecule has 1 aliphatic carbocycles. The van der Waals surface area contributed by atoms with E-state index in [0.717, 1.165) is 43.2 Å². The van der Waals surface area contributed by atoms with E-state index in [-0.39, 0.29) is 23.0 Å². The quantitative estimate of drug-likeness (QED) is 0.801. The summed E-state index contributed by atoms with van der Waals surface area (Å²) in [4.78, 5) is 12.7. The largest absolute Gasteiger partial charge is 0.435 e. The predicted molar refractivity (Wildman–Crippen MR) is 93.6 cm³/mol. The van der Waals surface area contributed by atoms with Crippen LogP contribution in [-0.4, -0.2) is 17.9 Å². The van der Waals surface area contributed by atoms with E-state index < -0.39 is 6.61 Å². The van der Waals surface area contributed by atoms with Crippen molar-refractivity contribution in [3.63, 3.8) is 0 Å². The molecule has 5 heteroatoms. The topological polar surface area (TPSA) is 38.3 Å². The number of fused-ring (bicyclic) bond motifs is 1. The van der Waals surface area contributed by atoms with E-state index in [2.05, 4.69) is 23.9 Å². The summed E-state index contributed by atoms with van der Waals surface area (Å²) in [6.07, 6.45) is 7.70. The Bertz CT molecular complexity index is 676. The molecule has 1 N–H and O–H groups in total. The predicted octanol–water partition coefficient (Wildman–Crippen LogP) is 4.70. The molecule has 3 nitrogen and oxygen atoms in total. The van der Waals surface area contributed by atoms with Crippen molar-refractivity contribution in [1.82, 2.24) is 5.32 Å². The molecule has 0 radical (unpaired) electrons. The third-order valence-electron chi connectivity index (χ3n) is 5.00. The zero-order chi connectivity index (χ0) is 18.0. The Kier molecular flexibility index (Phi) is 5.11. The van der Waals surface area contributed by atoms with Gasteiger partial charge in [0.2, 0.25) is 0 Å². The van der Waals surface area contributed by atoms with Crippen LogP contribution in [0, 0.1) is 5.92 Å². The number of carbonyl (C=O) groups excluding carboxylic acids is 1. The Morgan fingerprint density at radius 3 is 2.68 bits per heavy atom. The standard InChI is InChI=1S/C20H25F2NO2/c1-20(2)12-14-8-9-15(25-19(21)22)10-16(14)17(23-20)11-18(24)13-6-4-3-5-7-13/h8-11,13,19,23H,3-7,12H2,1-2H3/b17-11-. The summed E-state index contributed by atoms with van der Waals surface area (Å²) in [7, 11) is 0. The second-order valence-corrected chi connectivity index (χ2v) is 7.68. The summed E-state index contributed by atoms with van der Waals surface area (Å²) >= 11 is 0. The molecule has 1 aliphatic heterocycles. The van der Waals surface area contributed by atoms with Crippen LogP contribution in [0.25, 0.3) is 5.70 Å². The second kappa shape index (κ2) is 7.14. The fraction of sp³-hybridized carbons (Fsp3) is 0.550. The van der Waals surface area contributed by atoms with Gasteiger partial charge in [0, 0.05) is 28.8 Å². The van der Waals surface area contributed by atoms with Crippen molar-refractivity contribution in [3.05, 3.63) is 35.4 Å². The van der Waals surface area contributed by atoms with Crippen molar-refractivity contribution in [1.29, 1.82) is 0 Å². The molecule has 1 aromatic rings. The van der Waals surface area contributed by atoms with E-state index >= 15 is 0 Å². The van der Waals surface area contributed by atoms with Crippen molar-refractivity contribution in [3.8, 4) is 5.75 Å². The number of hydrogen-bond donors (Lipinski definition) is 1. The first-order valence-electron chi connectivity index (χ1n) is 8.96. The molecule has 0 saturated heterocycles. The van der Waals surface area contributed by atoms with E-state index in [1.165, 1.54) is 6.42 Å². The Morgan fingerprint density at radius 2 is 2.00 bits per heavy atom. The van der Waals surface area contributed by atoms with Gasteiger partial charge in [-0.1, -0.05) is 25.3 Å². The highest BCUT2D eigenvalue weighted by Gasteiger charge is 2.29. The van der Waals surface area contributed by atoms with E-state index in [1.54, 1.807) is 18.2 Å². The van der Waals surface area contributed by atoms with Gasteiger partial charge in [0.1, 0.15) is 5.75 Å². The highest BCUT2D eigenvalue weighted by molar-refractivity contribution is 5.98. The first-order valence-corrected chi connectivity index (χ1v) is 8.96. The lowest BCUT2D eigenvalue weighted by atomic mass is 9.83. The lowest BCUT2D eigenvalue weighted by Gasteiger charge is -2.36. The number of ketones is 1. The molecule has 0 spiro atoms. The number of halogens is 2. The van der Waals surface area contributed by atoms with E-state index in [4.69, 9.17) is 0 Å². The van der Waals surface area contributed by atoms with Gasteiger partial charge in [-0.15, -0.1) is 0 Å². The van der Waals surface area contributed by atoms with Crippen molar-refractivity contribution < 1.29 is 18.3 Å². The summed E-state index contributed by atoms with van der Waals surface area (Å²) in [6, 6.07) is 4.98. The molecular weight excluding hydrogens is 324 g/mol. The van der Waals surface area contributed by atoms with Gasteiger partial charge in [-0.05, 0) is 50.8 Å². The fourth-order valence-electron chi connectivity index (χ4n) is 3.85. The highest BCUT2D eigenvalue weighted by Crippen LogP contribution is 2.34. The molecule has 2 aliphatic rings. The summed E-state index contributed by atoms with van der Waals surface area (Å²) < 4.78 is 29.6. The Morgan fingerprint density at radius 1 is 1.28 bits per heavy atom. The van der Waals surface area contributed by atoms with Gasteiger partial charge in [0.05, 0.1) is 0 Å². The van der Waals surface area contributed by atoms with Crippen LogP contribution < -0.4 is 10.1 Å². The number of benzene rings is 1.